The van der Waals surface area contributed by atoms with Gasteiger partial charge in [0.15, 0.2) is 0 Å². The number of hydrogen-bond acceptors (Lipinski definition) is 2. The SMILES string of the molecule is NC1(C(=O)I)CCC1. The first-order chi connectivity index (χ1) is 3.65. The number of carbonyl (C=O) groups excluding carboxylic acids is 1. The van der Waals surface area contributed by atoms with E-state index >= 15 is 0 Å². The minimum atomic E-state index is -0.430. The van der Waals surface area contributed by atoms with Crippen molar-refractivity contribution in [2.24, 2.45) is 5.73 Å². The Morgan fingerprint density at radius 2 is 2.12 bits per heavy atom. The van der Waals surface area contributed by atoms with Gasteiger partial charge in [-0.05, 0) is 19.3 Å². The Bertz CT molecular complexity index is 120. The number of halogens is 1. The minimum absolute atomic E-state index is 0.112. The molecular weight excluding hydrogens is 217 g/mol. The average Bonchev–Trinajstić information content (AvgIpc) is 1.60. The van der Waals surface area contributed by atoms with Gasteiger partial charge in [0.25, 0.3) is 0 Å². The Balaban J connectivity index is 2.53. The first kappa shape index (κ1) is 6.48. The van der Waals surface area contributed by atoms with Gasteiger partial charge in [0.05, 0.1) is 5.54 Å². The van der Waals surface area contributed by atoms with Crippen LogP contribution < -0.4 is 5.73 Å². The first-order valence-corrected chi connectivity index (χ1v) is 3.72. The summed E-state index contributed by atoms with van der Waals surface area (Å²) >= 11 is 1.77. The molecule has 2 nitrogen and oxygen atoms in total. The van der Waals surface area contributed by atoms with E-state index in [1.807, 2.05) is 0 Å². The van der Waals surface area contributed by atoms with Crippen LogP contribution in [0.25, 0.3) is 0 Å². The fourth-order valence-electron chi connectivity index (χ4n) is 0.754. The molecule has 0 unspecified atom stereocenters. The smallest absolute Gasteiger partial charge is 0.212 e. The van der Waals surface area contributed by atoms with Crippen LogP contribution in [0.1, 0.15) is 19.3 Å². The van der Waals surface area contributed by atoms with Crippen LogP contribution in [-0.2, 0) is 4.79 Å². The zero-order valence-electron chi connectivity index (χ0n) is 4.48. The molecular formula is C5H8INO. The summed E-state index contributed by atoms with van der Waals surface area (Å²) < 4.78 is 0.112. The minimum Gasteiger partial charge on any atom is -0.318 e. The van der Waals surface area contributed by atoms with Gasteiger partial charge in [0.2, 0.25) is 3.79 Å². The molecule has 0 bridgehead atoms. The highest BCUT2D eigenvalue weighted by molar-refractivity contribution is 14.1. The molecule has 0 atom stereocenters. The van der Waals surface area contributed by atoms with Crippen LogP contribution in [0.5, 0.6) is 0 Å². The van der Waals surface area contributed by atoms with Crippen LogP contribution in [0, 0.1) is 0 Å². The topological polar surface area (TPSA) is 43.1 Å². The Morgan fingerprint density at radius 1 is 1.62 bits per heavy atom. The van der Waals surface area contributed by atoms with Crippen molar-refractivity contribution in [2.75, 3.05) is 0 Å². The normalized spacial score (nSPS) is 24.2. The van der Waals surface area contributed by atoms with Crippen molar-refractivity contribution in [1.82, 2.24) is 0 Å². The molecule has 1 aliphatic carbocycles. The zero-order valence-corrected chi connectivity index (χ0v) is 6.64. The highest BCUT2D eigenvalue weighted by atomic mass is 127. The number of rotatable bonds is 1. The van der Waals surface area contributed by atoms with Gasteiger partial charge in [0, 0.05) is 22.6 Å². The fourth-order valence-corrected chi connectivity index (χ4v) is 1.29. The van der Waals surface area contributed by atoms with Crippen LogP contribution in [0.2, 0.25) is 0 Å². The molecule has 0 spiro atoms. The van der Waals surface area contributed by atoms with Crippen molar-refractivity contribution < 1.29 is 4.79 Å². The van der Waals surface area contributed by atoms with E-state index in [4.69, 9.17) is 5.73 Å². The monoisotopic (exact) mass is 225 g/mol. The summed E-state index contributed by atoms with van der Waals surface area (Å²) in [7, 11) is 0. The maximum Gasteiger partial charge on any atom is 0.212 e. The van der Waals surface area contributed by atoms with Crippen molar-refractivity contribution in [3.05, 3.63) is 0 Å². The summed E-state index contributed by atoms with van der Waals surface area (Å²) in [6.07, 6.45) is 2.88. The number of carbonyl (C=O) groups is 1. The van der Waals surface area contributed by atoms with Crippen LogP contribution in [0.4, 0.5) is 0 Å². The lowest BCUT2D eigenvalue weighted by Crippen LogP contribution is -2.51. The summed E-state index contributed by atoms with van der Waals surface area (Å²) in [4.78, 5) is 10.6. The van der Waals surface area contributed by atoms with Crippen LogP contribution in [0.15, 0.2) is 0 Å². The van der Waals surface area contributed by atoms with Gasteiger partial charge in [-0.2, -0.15) is 0 Å². The van der Waals surface area contributed by atoms with E-state index in [2.05, 4.69) is 0 Å². The molecule has 0 aromatic heterocycles. The molecule has 8 heavy (non-hydrogen) atoms. The van der Waals surface area contributed by atoms with Gasteiger partial charge in [-0.15, -0.1) is 0 Å². The molecule has 0 amide bonds. The third kappa shape index (κ3) is 0.886. The molecule has 1 fully saturated rings. The molecule has 46 valence electrons. The summed E-state index contributed by atoms with van der Waals surface area (Å²) in [6, 6.07) is 0. The molecule has 0 aromatic carbocycles. The van der Waals surface area contributed by atoms with E-state index in [-0.39, 0.29) is 3.79 Å². The highest BCUT2D eigenvalue weighted by Gasteiger charge is 2.38. The van der Waals surface area contributed by atoms with Crippen molar-refractivity contribution >= 4 is 26.4 Å². The van der Waals surface area contributed by atoms with Crippen molar-refractivity contribution in [3.8, 4) is 0 Å². The molecule has 1 saturated carbocycles. The number of hydrogen-bond donors (Lipinski definition) is 1. The van der Waals surface area contributed by atoms with Crippen molar-refractivity contribution in [3.63, 3.8) is 0 Å². The fraction of sp³-hybridized carbons (Fsp3) is 0.800. The third-order valence-electron chi connectivity index (χ3n) is 1.64. The Labute approximate surface area is 62.0 Å². The summed E-state index contributed by atoms with van der Waals surface area (Å²) in [5, 5.41) is 0. The summed E-state index contributed by atoms with van der Waals surface area (Å²) in [5.74, 6) is 0. The van der Waals surface area contributed by atoms with Gasteiger partial charge in [-0.25, -0.2) is 0 Å². The molecule has 3 heteroatoms. The van der Waals surface area contributed by atoms with E-state index in [0.717, 1.165) is 19.3 Å². The van der Waals surface area contributed by atoms with Gasteiger partial charge >= 0.3 is 0 Å². The predicted octanol–water partition coefficient (Wildman–Crippen LogP) is 0.829. The van der Waals surface area contributed by atoms with Crippen LogP contribution >= 0.6 is 22.6 Å². The maximum atomic E-state index is 10.6. The molecule has 0 saturated heterocycles. The molecule has 0 radical (unpaired) electrons. The Hall–Kier alpha value is 0.360. The second-order valence-corrected chi connectivity index (χ2v) is 3.26. The quantitative estimate of drug-likeness (QED) is 0.530. The molecule has 1 rings (SSSR count). The van der Waals surface area contributed by atoms with E-state index in [0.29, 0.717) is 0 Å². The summed E-state index contributed by atoms with van der Waals surface area (Å²) in [6.45, 7) is 0. The van der Waals surface area contributed by atoms with E-state index in [9.17, 15) is 4.79 Å². The van der Waals surface area contributed by atoms with Gasteiger partial charge in [-0.1, -0.05) is 0 Å². The Morgan fingerprint density at radius 3 is 2.12 bits per heavy atom. The average molecular weight is 225 g/mol. The van der Waals surface area contributed by atoms with Gasteiger partial charge in [0.1, 0.15) is 0 Å². The predicted molar refractivity (Wildman–Crippen MR) is 39.8 cm³/mol. The third-order valence-corrected chi connectivity index (χ3v) is 2.71. The lowest BCUT2D eigenvalue weighted by Gasteiger charge is -2.34. The lowest BCUT2D eigenvalue weighted by atomic mass is 9.79. The van der Waals surface area contributed by atoms with Crippen LogP contribution in [0.3, 0.4) is 0 Å². The maximum absolute atomic E-state index is 10.6. The standard InChI is InChI=1S/C5H8INO/c6-4(8)5(7)2-1-3-5/h1-3,7H2. The van der Waals surface area contributed by atoms with E-state index < -0.39 is 5.54 Å². The van der Waals surface area contributed by atoms with Crippen molar-refractivity contribution in [1.29, 1.82) is 0 Å². The van der Waals surface area contributed by atoms with Gasteiger partial charge in [-0.3, -0.25) is 4.79 Å². The van der Waals surface area contributed by atoms with Crippen LogP contribution in [-0.4, -0.2) is 9.33 Å². The van der Waals surface area contributed by atoms with E-state index in [1.54, 1.807) is 22.6 Å². The zero-order chi connectivity index (χ0) is 6.20. The molecule has 1 aliphatic rings. The molecule has 0 aromatic rings. The second kappa shape index (κ2) is 1.95. The molecule has 0 aliphatic heterocycles. The Kier molecular flexibility index (Phi) is 1.58. The molecule has 2 N–H and O–H groups in total. The molecule has 0 heterocycles. The van der Waals surface area contributed by atoms with Gasteiger partial charge < -0.3 is 5.73 Å². The lowest BCUT2D eigenvalue weighted by molar-refractivity contribution is -0.116. The second-order valence-electron chi connectivity index (χ2n) is 2.28. The highest BCUT2D eigenvalue weighted by Crippen LogP contribution is 2.31. The number of nitrogens with two attached hydrogens (primary N) is 1. The van der Waals surface area contributed by atoms with E-state index in [1.165, 1.54) is 0 Å². The largest absolute Gasteiger partial charge is 0.318 e. The first-order valence-electron chi connectivity index (χ1n) is 2.64. The van der Waals surface area contributed by atoms with Crippen molar-refractivity contribution in [2.45, 2.75) is 24.8 Å². The summed E-state index contributed by atoms with van der Waals surface area (Å²) in [5.41, 5.74) is 5.16.